The number of esters is 3. The Kier molecular flexibility index (Phi) is 16.3. The number of likely N-dealkylation sites (N-methyl/N-ethyl adjacent to an activating group) is 1. The number of hydrogen-bond acceptors (Lipinski definition) is 15. The molecule has 322 valence electrons. The zero-order valence-corrected chi connectivity index (χ0v) is 35.8. The van der Waals surface area contributed by atoms with Crippen LogP contribution in [0.25, 0.3) is 0 Å². The van der Waals surface area contributed by atoms with E-state index < -0.39 is 109 Å². The van der Waals surface area contributed by atoms with Crippen molar-refractivity contribution < 1.29 is 66.9 Å². The molecule has 15 nitrogen and oxygen atoms in total. The second kappa shape index (κ2) is 19.7. The first kappa shape index (κ1) is 46.4. The van der Waals surface area contributed by atoms with Crippen molar-refractivity contribution in [2.24, 2.45) is 29.6 Å². The number of epoxide rings is 1. The van der Waals surface area contributed by atoms with E-state index in [4.69, 9.17) is 42.6 Å². The smallest absolute Gasteiger partial charge is 0.311 e. The highest BCUT2D eigenvalue weighted by atomic mass is 16.7. The minimum absolute atomic E-state index is 0.111. The highest BCUT2D eigenvalue weighted by molar-refractivity contribution is 5.92. The zero-order chi connectivity index (χ0) is 41.8. The van der Waals surface area contributed by atoms with Crippen molar-refractivity contribution in [1.29, 1.82) is 0 Å². The largest absolute Gasteiger partial charge is 0.462 e. The summed E-state index contributed by atoms with van der Waals surface area (Å²) in [6, 6.07) is -0.251. The number of cyclic esters (lactones) is 1. The van der Waals surface area contributed by atoms with Crippen LogP contribution in [0.2, 0.25) is 0 Å². The lowest BCUT2D eigenvalue weighted by atomic mass is 9.76. The third-order valence-electron chi connectivity index (χ3n) is 12.4. The summed E-state index contributed by atoms with van der Waals surface area (Å²) in [7, 11) is 5.32. The molecule has 0 aliphatic carbocycles. The molecule has 0 unspecified atom stereocenters. The fraction of sp³-hybridized carbons (Fsp3) is 0.902. The number of carbonyl (C=O) groups excluding carboxylic acids is 4. The van der Waals surface area contributed by atoms with Crippen LogP contribution in [0.3, 0.4) is 0 Å². The highest BCUT2D eigenvalue weighted by Gasteiger charge is 2.58. The number of nitrogens with zero attached hydrogens (tertiary/aromatic N) is 1. The lowest BCUT2D eigenvalue weighted by Crippen LogP contribution is -2.57. The maximum absolute atomic E-state index is 14.4. The Balaban J connectivity index is 1.77. The van der Waals surface area contributed by atoms with Crippen molar-refractivity contribution in [1.82, 2.24) is 4.90 Å². The SMILES string of the molecule is CCC(=O)O[C@H]1[C@H](C)O[C@@H](O[C@H]2[C@H](C)[C@@H](O[C@@H]3O[C@H](C)C[C@H](N(C)C)[C@H]3O)[C@@H](C)C[C@]3(CO3)C(=O)[C@H](C)[C@@H](OC(=O)CC)[C@@H](C)[C@@H](C)OC(=O)[C@@H]2C)C[C@@H]1OC. The first-order valence-electron chi connectivity index (χ1n) is 20.6. The summed E-state index contributed by atoms with van der Waals surface area (Å²) in [5, 5.41) is 11.6. The highest BCUT2D eigenvalue weighted by Crippen LogP contribution is 2.44. The number of ether oxygens (including phenoxy) is 9. The van der Waals surface area contributed by atoms with Crippen molar-refractivity contribution in [3.63, 3.8) is 0 Å². The Labute approximate surface area is 333 Å². The van der Waals surface area contributed by atoms with Crippen LogP contribution >= 0.6 is 0 Å². The predicted octanol–water partition coefficient (Wildman–Crippen LogP) is 3.83. The normalized spacial score (nSPS) is 44.2. The van der Waals surface area contributed by atoms with E-state index in [0.29, 0.717) is 6.42 Å². The maximum Gasteiger partial charge on any atom is 0.311 e. The molecule has 0 amide bonds. The first-order valence-corrected chi connectivity index (χ1v) is 20.6. The van der Waals surface area contributed by atoms with E-state index in [1.807, 2.05) is 39.8 Å². The summed E-state index contributed by atoms with van der Waals surface area (Å²) in [5.41, 5.74) is -1.16. The van der Waals surface area contributed by atoms with Crippen LogP contribution in [0.1, 0.15) is 101 Å². The lowest BCUT2D eigenvalue weighted by molar-refractivity contribution is -0.299. The molecule has 1 spiro atoms. The summed E-state index contributed by atoms with van der Waals surface area (Å²) in [4.78, 5) is 55.5. The Hall–Kier alpha value is -2.24. The molecule has 56 heavy (non-hydrogen) atoms. The van der Waals surface area contributed by atoms with Crippen LogP contribution in [-0.2, 0) is 61.8 Å². The van der Waals surface area contributed by atoms with Crippen LogP contribution in [0.4, 0.5) is 0 Å². The van der Waals surface area contributed by atoms with E-state index in [1.54, 1.807) is 48.5 Å². The quantitative estimate of drug-likeness (QED) is 0.191. The number of hydrogen-bond donors (Lipinski definition) is 1. The van der Waals surface area contributed by atoms with Crippen LogP contribution in [0.5, 0.6) is 0 Å². The molecular weight excluding hydrogens is 730 g/mol. The number of ketones is 1. The molecule has 0 aromatic heterocycles. The third-order valence-corrected chi connectivity index (χ3v) is 12.4. The molecule has 15 heteroatoms. The molecule has 4 fully saturated rings. The summed E-state index contributed by atoms with van der Waals surface area (Å²) >= 11 is 0. The number of aliphatic hydroxyl groups is 1. The van der Waals surface area contributed by atoms with Crippen molar-refractivity contribution >= 4 is 23.7 Å². The minimum Gasteiger partial charge on any atom is -0.462 e. The second-order valence-electron chi connectivity index (χ2n) is 16.9. The van der Waals surface area contributed by atoms with Gasteiger partial charge < -0.3 is 52.6 Å². The summed E-state index contributed by atoms with van der Waals surface area (Å²) in [6.45, 7) is 18.1. The average Bonchev–Trinajstić information content (AvgIpc) is 3.94. The molecule has 0 aromatic carbocycles. The van der Waals surface area contributed by atoms with Gasteiger partial charge in [0.2, 0.25) is 0 Å². The molecule has 4 heterocycles. The molecule has 0 radical (unpaired) electrons. The molecule has 4 rings (SSSR count). The molecule has 4 aliphatic rings. The van der Waals surface area contributed by atoms with Gasteiger partial charge in [0.25, 0.3) is 0 Å². The molecule has 4 saturated heterocycles. The fourth-order valence-corrected chi connectivity index (χ4v) is 8.72. The van der Waals surface area contributed by atoms with E-state index in [0.717, 1.165) is 0 Å². The van der Waals surface area contributed by atoms with Gasteiger partial charge in [-0.1, -0.05) is 41.5 Å². The van der Waals surface area contributed by atoms with E-state index in [9.17, 15) is 24.3 Å². The molecule has 18 atom stereocenters. The fourth-order valence-electron chi connectivity index (χ4n) is 8.72. The molecule has 0 aromatic rings. The van der Waals surface area contributed by atoms with E-state index in [-0.39, 0.29) is 56.2 Å². The number of Topliss-reactive ketones (excluding diaryl/α,β-unsaturated/α-hetero) is 1. The van der Waals surface area contributed by atoms with Crippen LogP contribution in [0, 0.1) is 29.6 Å². The molecule has 0 saturated carbocycles. The van der Waals surface area contributed by atoms with Crippen LogP contribution in [0.15, 0.2) is 0 Å². The van der Waals surface area contributed by atoms with Gasteiger partial charge in [-0.25, -0.2) is 0 Å². The van der Waals surface area contributed by atoms with E-state index in [2.05, 4.69) is 0 Å². The van der Waals surface area contributed by atoms with Gasteiger partial charge in [-0.3, -0.25) is 19.2 Å². The van der Waals surface area contributed by atoms with Gasteiger partial charge in [0.05, 0.1) is 42.9 Å². The van der Waals surface area contributed by atoms with Crippen molar-refractivity contribution in [2.75, 3.05) is 27.8 Å². The van der Waals surface area contributed by atoms with Gasteiger partial charge >= 0.3 is 17.9 Å². The number of methoxy groups -OCH3 is 1. The molecule has 4 aliphatic heterocycles. The lowest BCUT2D eigenvalue weighted by Gasteiger charge is -2.46. The van der Waals surface area contributed by atoms with E-state index >= 15 is 0 Å². The van der Waals surface area contributed by atoms with Crippen LogP contribution < -0.4 is 0 Å². The minimum atomic E-state index is -1.16. The Bertz CT molecular complexity index is 1340. The molecule has 1 N–H and O–H groups in total. The van der Waals surface area contributed by atoms with Gasteiger partial charge in [-0.2, -0.15) is 0 Å². The predicted molar refractivity (Wildman–Crippen MR) is 202 cm³/mol. The van der Waals surface area contributed by atoms with Gasteiger partial charge in [0.1, 0.15) is 24.4 Å². The molecule has 0 bridgehead atoms. The summed E-state index contributed by atoms with van der Waals surface area (Å²) < 4.78 is 55.7. The Morgan fingerprint density at radius 3 is 1.96 bits per heavy atom. The van der Waals surface area contributed by atoms with Crippen molar-refractivity contribution in [3.8, 4) is 0 Å². The van der Waals surface area contributed by atoms with Crippen LogP contribution in [-0.4, -0.2) is 141 Å². The first-order chi connectivity index (χ1) is 26.3. The van der Waals surface area contributed by atoms with Crippen molar-refractivity contribution in [3.05, 3.63) is 0 Å². The van der Waals surface area contributed by atoms with Gasteiger partial charge in [0, 0.05) is 44.2 Å². The number of carbonyl (C=O) groups is 4. The molecular formula is C41H69NO14. The monoisotopic (exact) mass is 799 g/mol. The van der Waals surface area contributed by atoms with Gasteiger partial charge in [-0.15, -0.1) is 0 Å². The van der Waals surface area contributed by atoms with E-state index in [1.165, 1.54) is 7.11 Å². The summed E-state index contributed by atoms with van der Waals surface area (Å²) in [6.07, 6.45) is -6.94. The second-order valence-corrected chi connectivity index (χ2v) is 16.9. The Morgan fingerprint density at radius 2 is 1.41 bits per heavy atom. The van der Waals surface area contributed by atoms with Crippen molar-refractivity contribution in [2.45, 2.75) is 181 Å². The zero-order valence-electron chi connectivity index (χ0n) is 35.8. The Morgan fingerprint density at radius 1 is 0.804 bits per heavy atom. The maximum atomic E-state index is 14.4. The van der Waals surface area contributed by atoms with Gasteiger partial charge in [-0.05, 0) is 60.5 Å². The summed E-state index contributed by atoms with van der Waals surface area (Å²) in [5.74, 6) is -4.81. The topological polar surface area (TPSA) is 178 Å². The third kappa shape index (κ3) is 10.7. The number of aliphatic hydroxyl groups excluding tert-OH is 1. The number of rotatable bonds is 10. The van der Waals surface area contributed by atoms with Gasteiger partial charge in [0.15, 0.2) is 30.1 Å². The standard InChI is InChI=1S/C41H69NO14/c1-14-30(43)53-35-22(5)26(9)52-39(47)25(8)36(55-32-17-29(48-13)37(27(10)51-32)54-31(44)15-2)23(6)34(20(3)18-41(19-49-41)38(46)24(35)7)56-40-33(45)28(42(11)12)16-21(4)50-40/h20-29,32-37,40,45H,14-19H2,1-13H3/t20-,21+,22-,23+,24+,25+,26+,27-,28-,29-,32-,33+,34-,35-,36-,37-,40-,41-/m0/s1. The average molecular weight is 800 g/mol.